The zero-order valence-corrected chi connectivity index (χ0v) is 25.1. The topological polar surface area (TPSA) is 44.8 Å². The molecule has 0 aliphatic rings. The van der Waals surface area contributed by atoms with E-state index in [0.717, 1.165) is 25.7 Å². The van der Waals surface area contributed by atoms with E-state index in [0.29, 0.717) is 19.4 Å². The highest BCUT2D eigenvalue weighted by molar-refractivity contribution is 7.53. The highest BCUT2D eigenvalue weighted by Crippen LogP contribution is 2.49. The molecule has 196 valence electrons. The summed E-state index contributed by atoms with van der Waals surface area (Å²) in [5.41, 5.74) is 4.96. The van der Waals surface area contributed by atoms with Crippen LogP contribution in [0.4, 0.5) is 0 Å². The smallest absolute Gasteiger partial charge is 0.330 e. The maximum absolute atomic E-state index is 12.7. The van der Waals surface area contributed by atoms with Crippen LogP contribution in [0.15, 0.2) is 48.5 Å². The van der Waals surface area contributed by atoms with Crippen molar-refractivity contribution in [3.05, 3.63) is 59.7 Å². The van der Waals surface area contributed by atoms with Crippen LogP contribution in [0.3, 0.4) is 0 Å². The molecule has 0 aliphatic heterocycles. The summed E-state index contributed by atoms with van der Waals surface area (Å²) in [4.78, 5) is 0. The van der Waals surface area contributed by atoms with E-state index in [1.807, 2.05) is 13.8 Å². The van der Waals surface area contributed by atoms with Gasteiger partial charge in [0.05, 0.1) is 25.5 Å². The lowest BCUT2D eigenvalue weighted by molar-refractivity contribution is 0.169. The molecule has 6 heteroatoms. The summed E-state index contributed by atoms with van der Waals surface area (Å²) in [6, 6.07) is 17.5. The van der Waals surface area contributed by atoms with Crippen LogP contribution in [-0.2, 0) is 18.0 Å². The van der Waals surface area contributed by atoms with Gasteiger partial charge in [0, 0.05) is 0 Å². The van der Waals surface area contributed by atoms with Crippen molar-refractivity contribution < 1.29 is 18.0 Å². The van der Waals surface area contributed by atoms with Crippen molar-refractivity contribution in [2.24, 2.45) is 0 Å². The third kappa shape index (κ3) is 9.29. The molecule has 0 saturated heterocycles. The highest BCUT2D eigenvalue weighted by Gasteiger charge is 2.39. The van der Waals surface area contributed by atoms with Crippen molar-refractivity contribution >= 4 is 15.9 Å². The Bertz CT molecular complexity index is 923. The van der Waals surface area contributed by atoms with Crippen molar-refractivity contribution in [2.45, 2.75) is 91.5 Å². The minimum atomic E-state index is -2.96. The molecule has 0 fully saturated rings. The highest BCUT2D eigenvalue weighted by atomic mass is 31.2. The average molecular weight is 519 g/mol. The van der Waals surface area contributed by atoms with Crippen molar-refractivity contribution in [3.63, 3.8) is 0 Å². The van der Waals surface area contributed by atoms with Crippen LogP contribution in [0.2, 0.25) is 18.1 Å². The Morgan fingerprint density at radius 3 is 1.83 bits per heavy atom. The molecule has 0 saturated carbocycles. The second-order valence-corrected chi connectivity index (χ2v) is 17.8. The summed E-state index contributed by atoms with van der Waals surface area (Å²) in [6.45, 7) is 18.2. The van der Waals surface area contributed by atoms with Crippen molar-refractivity contribution in [1.29, 1.82) is 0 Å². The Morgan fingerprint density at radius 2 is 1.34 bits per heavy atom. The Morgan fingerprint density at radius 1 is 0.829 bits per heavy atom. The Kier molecular flexibility index (Phi) is 11.4. The number of rotatable bonds is 14. The fourth-order valence-electron chi connectivity index (χ4n) is 3.83. The Hall–Kier alpha value is -1.23. The molecule has 0 spiro atoms. The molecular weight excluding hydrogens is 471 g/mol. The van der Waals surface area contributed by atoms with Gasteiger partial charge in [-0.15, -0.1) is 0 Å². The summed E-state index contributed by atoms with van der Waals surface area (Å²) in [6.07, 6.45) is 4.31. The maximum atomic E-state index is 12.7. The number of hydrogen-bond donors (Lipinski definition) is 0. The normalized spacial score (nSPS) is 13.7. The van der Waals surface area contributed by atoms with E-state index in [1.54, 1.807) is 0 Å². The maximum Gasteiger partial charge on any atom is 0.330 e. The van der Waals surface area contributed by atoms with Crippen molar-refractivity contribution in [1.82, 2.24) is 0 Å². The number of benzene rings is 2. The van der Waals surface area contributed by atoms with Gasteiger partial charge >= 0.3 is 7.60 Å². The van der Waals surface area contributed by atoms with Crippen molar-refractivity contribution in [3.8, 4) is 11.1 Å². The number of hydrogen-bond acceptors (Lipinski definition) is 4. The Balaban J connectivity index is 2.09. The van der Waals surface area contributed by atoms with Gasteiger partial charge in [-0.3, -0.25) is 4.57 Å². The van der Waals surface area contributed by atoms with Crippen LogP contribution < -0.4 is 0 Å². The fraction of sp³-hybridized carbons (Fsp3) is 0.586. The van der Waals surface area contributed by atoms with E-state index in [1.165, 1.54) is 22.3 Å². The molecule has 0 heterocycles. The molecule has 0 radical (unpaired) electrons. The molecule has 0 aliphatic carbocycles. The van der Waals surface area contributed by atoms with Crippen LogP contribution in [0.5, 0.6) is 0 Å². The van der Waals surface area contributed by atoms with Crippen LogP contribution in [0, 0.1) is 6.92 Å². The lowest BCUT2D eigenvalue weighted by Gasteiger charge is -2.39. The van der Waals surface area contributed by atoms with Gasteiger partial charge in [0.2, 0.25) is 0 Å². The van der Waals surface area contributed by atoms with Gasteiger partial charge in [-0.1, -0.05) is 87.7 Å². The van der Waals surface area contributed by atoms with Crippen molar-refractivity contribution in [2.75, 3.05) is 19.4 Å². The first-order valence-corrected chi connectivity index (χ1v) is 17.8. The van der Waals surface area contributed by atoms with E-state index in [-0.39, 0.29) is 11.1 Å². The fourth-order valence-corrected chi connectivity index (χ4v) is 6.88. The van der Waals surface area contributed by atoms with Gasteiger partial charge in [-0.25, -0.2) is 0 Å². The van der Waals surface area contributed by atoms with E-state index >= 15 is 0 Å². The van der Waals surface area contributed by atoms with Crippen LogP contribution in [-0.4, -0.2) is 27.7 Å². The molecular formula is C29H47O4PSi. The second-order valence-electron chi connectivity index (χ2n) is 10.9. The minimum Gasteiger partial charge on any atom is -0.410 e. The predicted molar refractivity (Wildman–Crippen MR) is 152 cm³/mol. The lowest BCUT2D eigenvalue weighted by Crippen LogP contribution is -2.41. The van der Waals surface area contributed by atoms with E-state index in [4.69, 9.17) is 13.5 Å². The molecule has 0 aromatic heterocycles. The van der Waals surface area contributed by atoms with Crippen LogP contribution in [0.25, 0.3) is 11.1 Å². The van der Waals surface area contributed by atoms with Gasteiger partial charge < -0.3 is 13.5 Å². The summed E-state index contributed by atoms with van der Waals surface area (Å²) in [5, 5.41) is 0.148. The standard InChI is InChI=1S/C29H47O4PSi/c1-9-31-34(30,32-10-2)23-13-11-12-14-28(33-35(7,8)29(4,5)6)27-21-19-26(20-22-27)25-17-15-24(3)16-18-25/h15-22,28H,9-14,23H2,1-8H3. The van der Waals surface area contributed by atoms with Crippen LogP contribution in [0.1, 0.15) is 77.5 Å². The molecule has 0 bridgehead atoms. The first kappa shape index (κ1) is 30.0. The third-order valence-corrected chi connectivity index (χ3v) is 13.6. The zero-order chi connectivity index (χ0) is 26.1. The minimum absolute atomic E-state index is 0.0635. The van der Waals surface area contributed by atoms with E-state index in [9.17, 15) is 4.57 Å². The molecule has 2 aromatic rings. The molecule has 35 heavy (non-hydrogen) atoms. The first-order valence-electron chi connectivity index (χ1n) is 13.1. The summed E-state index contributed by atoms with van der Waals surface area (Å²) in [5.74, 6) is 0. The monoisotopic (exact) mass is 518 g/mol. The summed E-state index contributed by atoms with van der Waals surface area (Å²) < 4.78 is 30.5. The third-order valence-electron chi connectivity index (χ3n) is 6.96. The zero-order valence-electron chi connectivity index (χ0n) is 23.2. The number of aryl methyl sites for hydroxylation is 1. The van der Waals surface area contributed by atoms with E-state index < -0.39 is 15.9 Å². The second kappa shape index (κ2) is 13.4. The molecule has 1 unspecified atom stereocenters. The number of unbranched alkanes of at least 4 members (excludes halogenated alkanes) is 2. The van der Waals surface area contributed by atoms with Gasteiger partial charge in [-0.05, 0) is 68.4 Å². The molecule has 4 nitrogen and oxygen atoms in total. The average Bonchev–Trinajstić information content (AvgIpc) is 2.78. The van der Waals surface area contributed by atoms with Gasteiger partial charge in [0.25, 0.3) is 0 Å². The van der Waals surface area contributed by atoms with Gasteiger partial charge in [0.1, 0.15) is 0 Å². The summed E-state index contributed by atoms with van der Waals surface area (Å²) in [7, 11) is -4.90. The lowest BCUT2D eigenvalue weighted by atomic mass is 9.99. The molecule has 0 N–H and O–H groups in total. The van der Waals surface area contributed by atoms with Gasteiger partial charge in [0.15, 0.2) is 8.32 Å². The largest absolute Gasteiger partial charge is 0.410 e. The van der Waals surface area contributed by atoms with Gasteiger partial charge in [-0.2, -0.15) is 0 Å². The molecule has 2 rings (SSSR count). The Labute approximate surface area is 215 Å². The predicted octanol–water partition coefficient (Wildman–Crippen LogP) is 9.55. The molecule has 0 amide bonds. The molecule has 2 aromatic carbocycles. The SMILES string of the molecule is CCOP(=O)(CCCCCC(O[Si](C)(C)C(C)(C)C)c1ccc(-c2ccc(C)cc2)cc1)OCC. The van der Waals surface area contributed by atoms with E-state index in [2.05, 4.69) is 89.3 Å². The van der Waals surface area contributed by atoms with Crippen LogP contribution >= 0.6 is 7.60 Å². The molecule has 1 atom stereocenters. The first-order chi connectivity index (χ1) is 16.4. The summed E-state index contributed by atoms with van der Waals surface area (Å²) >= 11 is 0. The quantitative estimate of drug-likeness (QED) is 0.142.